The van der Waals surface area contributed by atoms with E-state index in [2.05, 4.69) is 0 Å². The van der Waals surface area contributed by atoms with Crippen molar-refractivity contribution in [3.8, 4) is 11.5 Å². The largest absolute Gasteiger partial charge is 0.478 e. The lowest BCUT2D eigenvalue weighted by Gasteiger charge is -2.04. The van der Waals surface area contributed by atoms with Gasteiger partial charge < -0.3 is 14.6 Å². The highest BCUT2D eigenvalue weighted by atomic mass is 16.6. The molecule has 82 valence electrons. The number of carbonyl (C=O) groups is 3. The smallest absolute Gasteiger partial charge is 0.335 e. The Bertz CT molecular complexity index is 490. The van der Waals surface area contributed by atoms with Gasteiger partial charge in [-0.05, 0) is 18.2 Å². The minimum absolute atomic E-state index is 0.0425. The first kappa shape index (κ1) is 10.2. The first-order valence-electron chi connectivity index (χ1n) is 4.35. The molecule has 0 radical (unpaired) electrons. The Balaban J connectivity index is 2.46. The minimum atomic E-state index is -1.16. The number of fused-ring (bicyclic) bond motifs is 1. The molecule has 0 saturated carbocycles. The zero-order chi connectivity index (χ0) is 11.7. The van der Waals surface area contributed by atoms with E-state index >= 15 is 0 Å². The van der Waals surface area contributed by atoms with E-state index in [-0.39, 0.29) is 17.1 Å². The van der Waals surface area contributed by atoms with Crippen molar-refractivity contribution in [1.82, 2.24) is 0 Å². The van der Waals surface area contributed by atoms with Crippen molar-refractivity contribution in [3.05, 3.63) is 23.8 Å². The highest BCUT2D eigenvalue weighted by molar-refractivity contribution is 5.96. The number of hydrogen-bond donors (Lipinski definition) is 1. The Kier molecular flexibility index (Phi) is 2.32. The van der Waals surface area contributed by atoms with Crippen LogP contribution in [-0.2, 0) is 9.59 Å². The number of aromatic carboxylic acids is 1. The molecule has 1 N–H and O–H groups in total. The van der Waals surface area contributed by atoms with Crippen LogP contribution >= 0.6 is 0 Å². The molecule has 6 heteroatoms. The fraction of sp³-hybridized carbons (Fsp3) is 0.100. The van der Waals surface area contributed by atoms with Crippen molar-refractivity contribution >= 4 is 17.9 Å². The summed E-state index contributed by atoms with van der Waals surface area (Å²) in [6.07, 6.45) is -0.489. The van der Waals surface area contributed by atoms with E-state index < -0.39 is 24.3 Å². The summed E-state index contributed by atoms with van der Waals surface area (Å²) in [7, 11) is 0. The summed E-state index contributed by atoms with van der Waals surface area (Å²) >= 11 is 0. The van der Waals surface area contributed by atoms with E-state index in [1.165, 1.54) is 12.1 Å². The van der Waals surface area contributed by atoms with E-state index in [4.69, 9.17) is 14.6 Å². The molecule has 0 fully saturated rings. The van der Waals surface area contributed by atoms with Gasteiger partial charge in [-0.3, -0.25) is 9.59 Å². The molecule has 1 aromatic carbocycles. The van der Waals surface area contributed by atoms with Crippen molar-refractivity contribution < 1.29 is 29.0 Å². The van der Waals surface area contributed by atoms with Gasteiger partial charge in [-0.25, -0.2) is 4.79 Å². The van der Waals surface area contributed by atoms with E-state index in [1.807, 2.05) is 0 Å². The highest BCUT2D eigenvalue weighted by Gasteiger charge is 2.23. The molecule has 0 aliphatic carbocycles. The molecule has 0 aromatic heterocycles. The van der Waals surface area contributed by atoms with Gasteiger partial charge in [-0.15, -0.1) is 0 Å². The molecular formula is C10H6O6. The molecule has 1 aliphatic heterocycles. The van der Waals surface area contributed by atoms with Crippen LogP contribution in [0.1, 0.15) is 16.8 Å². The molecule has 0 atom stereocenters. The maximum atomic E-state index is 11.1. The van der Waals surface area contributed by atoms with Gasteiger partial charge in [0.1, 0.15) is 6.42 Å². The minimum Gasteiger partial charge on any atom is -0.478 e. The van der Waals surface area contributed by atoms with Crippen LogP contribution in [0, 0.1) is 0 Å². The Labute approximate surface area is 89.4 Å². The molecule has 6 nitrogen and oxygen atoms in total. The van der Waals surface area contributed by atoms with Crippen LogP contribution < -0.4 is 9.47 Å². The summed E-state index contributed by atoms with van der Waals surface area (Å²) in [5, 5.41) is 8.73. The van der Waals surface area contributed by atoms with Crippen LogP contribution in [0.4, 0.5) is 0 Å². The number of carboxylic acid groups (broad SMARTS) is 1. The molecule has 0 saturated heterocycles. The standard InChI is InChI=1S/C10H6O6/c11-8-4-9(12)16-7-3-5(10(13)14)1-2-6(7)15-8/h1-3H,4H2,(H,13,14). The van der Waals surface area contributed by atoms with Crippen LogP contribution in [0.25, 0.3) is 0 Å². The SMILES string of the molecule is O=C1CC(=O)Oc2cc(C(=O)O)ccc2O1. The van der Waals surface area contributed by atoms with E-state index in [0.717, 1.165) is 6.07 Å². The lowest BCUT2D eigenvalue weighted by atomic mass is 10.2. The molecule has 1 aliphatic rings. The Morgan fingerprint density at radius 2 is 1.75 bits per heavy atom. The van der Waals surface area contributed by atoms with Gasteiger partial charge in [0, 0.05) is 0 Å². The summed E-state index contributed by atoms with van der Waals surface area (Å²) in [5.41, 5.74) is -0.0514. The molecule has 1 aromatic rings. The van der Waals surface area contributed by atoms with Gasteiger partial charge >= 0.3 is 17.9 Å². The monoisotopic (exact) mass is 222 g/mol. The van der Waals surface area contributed by atoms with Gasteiger partial charge in [0.25, 0.3) is 0 Å². The zero-order valence-electron chi connectivity index (χ0n) is 7.93. The number of hydrogen-bond acceptors (Lipinski definition) is 5. The second-order valence-electron chi connectivity index (χ2n) is 3.09. The molecular weight excluding hydrogens is 216 g/mol. The fourth-order valence-corrected chi connectivity index (χ4v) is 1.24. The van der Waals surface area contributed by atoms with E-state index in [9.17, 15) is 14.4 Å². The first-order valence-corrected chi connectivity index (χ1v) is 4.35. The number of carboxylic acids is 1. The van der Waals surface area contributed by atoms with Crippen molar-refractivity contribution in [1.29, 1.82) is 0 Å². The van der Waals surface area contributed by atoms with Crippen LogP contribution in [0.15, 0.2) is 18.2 Å². The highest BCUT2D eigenvalue weighted by Crippen LogP contribution is 2.30. The lowest BCUT2D eigenvalue weighted by Crippen LogP contribution is -2.13. The number of rotatable bonds is 1. The van der Waals surface area contributed by atoms with Crippen LogP contribution in [0.2, 0.25) is 0 Å². The second-order valence-corrected chi connectivity index (χ2v) is 3.09. The van der Waals surface area contributed by atoms with Crippen molar-refractivity contribution in [3.63, 3.8) is 0 Å². The van der Waals surface area contributed by atoms with Gasteiger partial charge in [0.2, 0.25) is 0 Å². The second kappa shape index (κ2) is 3.65. The van der Waals surface area contributed by atoms with Crippen LogP contribution in [0.5, 0.6) is 11.5 Å². The molecule has 1 heterocycles. The molecule has 0 unspecified atom stereocenters. The van der Waals surface area contributed by atoms with Crippen LogP contribution in [-0.4, -0.2) is 23.0 Å². The molecule has 0 bridgehead atoms. The van der Waals surface area contributed by atoms with Crippen LogP contribution in [0.3, 0.4) is 0 Å². The molecule has 16 heavy (non-hydrogen) atoms. The van der Waals surface area contributed by atoms with Gasteiger partial charge in [0.05, 0.1) is 5.56 Å². The zero-order valence-corrected chi connectivity index (χ0v) is 7.93. The molecule has 2 rings (SSSR count). The predicted molar refractivity (Wildman–Crippen MR) is 49.3 cm³/mol. The Hall–Kier alpha value is -2.37. The summed E-state index contributed by atoms with van der Waals surface area (Å²) in [4.78, 5) is 32.8. The number of ether oxygens (including phenoxy) is 2. The Morgan fingerprint density at radius 1 is 1.12 bits per heavy atom. The Morgan fingerprint density at radius 3 is 2.38 bits per heavy atom. The topological polar surface area (TPSA) is 89.9 Å². The van der Waals surface area contributed by atoms with Gasteiger partial charge in [-0.1, -0.05) is 0 Å². The normalized spacial score (nSPS) is 14.5. The van der Waals surface area contributed by atoms with Crippen molar-refractivity contribution in [2.45, 2.75) is 6.42 Å². The average Bonchev–Trinajstić information content (AvgIpc) is 2.32. The molecule has 0 spiro atoms. The maximum absolute atomic E-state index is 11.1. The van der Waals surface area contributed by atoms with Gasteiger partial charge in [-0.2, -0.15) is 0 Å². The number of carbonyl (C=O) groups excluding carboxylic acids is 2. The van der Waals surface area contributed by atoms with Gasteiger partial charge in [0.15, 0.2) is 11.5 Å². The predicted octanol–water partition coefficient (Wildman–Crippen LogP) is 0.599. The quantitative estimate of drug-likeness (QED) is 0.425. The fourth-order valence-electron chi connectivity index (χ4n) is 1.24. The third-order valence-corrected chi connectivity index (χ3v) is 1.93. The third kappa shape index (κ3) is 1.85. The van der Waals surface area contributed by atoms with Crippen molar-refractivity contribution in [2.75, 3.05) is 0 Å². The summed E-state index contributed by atoms with van der Waals surface area (Å²) in [6.45, 7) is 0. The molecule has 0 amide bonds. The third-order valence-electron chi connectivity index (χ3n) is 1.93. The maximum Gasteiger partial charge on any atom is 0.335 e. The first-order chi connectivity index (χ1) is 7.56. The summed E-state index contributed by atoms with van der Waals surface area (Å²) in [5.74, 6) is -2.68. The van der Waals surface area contributed by atoms with E-state index in [1.54, 1.807) is 0 Å². The summed E-state index contributed by atoms with van der Waals surface area (Å²) in [6, 6.07) is 3.66. The van der Waals surface area contributed by atoms with Crippen molar-refractivity contribution in [2.24, 2.45) is 0 Å². The summed E-state index contributed by atoms with van der Waals surface area (Å²) < 4.78 is 9.55. The number of benzene rings is 1. The average molecular weight is 222 g/mol. The lowest BCUT2D eigenvalue weighted by molar-refractivity contribution is -0.142. The van der Waals surface area contributed by atoms with E-state index in [0.29, 0.717) is 0 Å². The number of esters is 2.